The van der Waals surface area contributed by atoms with Gasteiger partial charge >= 0.3 is 5.69 Å². The summed E-state index contributed by atoms with van der Waals surface area (Å²) >= 11 is 0. The van der Waals surface area contributed by atoms with Gasteiger partial charge in [0, 0.05) is 44.7 Å². The van der Waals surface area contributed by atoms with E-state index < -0.39 is 0 Å². The van der Waals surface area contributed by atoms with Gasteiger partial charge in [-0.15, -0.1) is 0 Å². The molecule has 7 heteroatoms. The van der Waals surface area contributed by atoms with Crippen molar-refractivity contribution in [3.05, 3.63) is 16.3 Å². The molecule has 1 aromatic rings. The number of aromatic nitrogens is 3. The maximum Gasteiger partial charge on any atom is 0.345 e. The van der Waals surface area contributed by atoms with Crippen LogP contribution in [-0.2, 0) is 18.3 Å². The van der Waals surface area contributed by atoms with Crippen LogP contribution in [-0.4, -0.2) is 75.6 Å². The molecule has 0 spiro atoms. The SMILES string of the molecule is CCn1c(C2CCN(CC(C)(C)N3CCOCC3)CC2)nn(C)c1=O. The van der Waals surface area contributed by atoms with E-state index in [1.54, 1.807) is 7.05 Å². The van der Waals surface area contributed by atoms with Crippen LogP contribution in [0.25, 0.3) is 0 Å². The number of hydrogen-bond acceptors (Lipinski definition) is 5. The van der Waals surface area contributed by atoms with Crippen molar-refractivity contribution < 1.29 is 4.74 Å². The van der Waals surface area contributed by atoms with E-state index >= 15 is 0 Å². The van der Waals surface area contributed by atoms with Crippen LogP contribution < -0.4 is 5.69 Å². The minimum atomic E-state index is 0.00776. The molecule has 0 radical (unpaired) electrons. The molecule has 0 bridgehead atoms. The Morgan fingerprint density at radius 3 is 2.40 bits per heavy atom. The first-order valence-corrected chi connectivity index (χ1v) is 9.61. The molecule has 25 heavy (non-hydrogen) atoms. The van der Waals surface area contributed by atoms with Crippen LogP contribution in [0.2, 0.25) is 0 Å². The lowest BCUT2D eigenvalue weighted by atomic mass is 9.93. The summed E-state index contributed by atoms with van der Waals surface area (Å²) < 4.78 is 8.80. The first-order chi connectivity index (χ1) is 11.9. The highest BCUT2D eigenvalue weighted by molar-refractivity contribution is 5.00. The number of aryl methyl sites for hydroxylation is 1. The predicted molar refractivity (Wildman–Crippen MR) is 98.0 cm³/mol. The lowest BCUT2D eigenvalue weighted by molar-refractivity contribution is -0.0239. The van der Waals surface area contributed by atoms with Gasteiger partial charge in [0.15, 0.2) is 0 Å². The van der Waals surface area contributed by atoms with Crippen molar-refractivity contribution in [2.45, 2.75) is 51.6 Å². The maximum atomic E-state index is 12.1. The Labute approximate surface area is 150 Å². The minimum Gasteiger partial charge on any atom is -0.379 e. The second kappa shape index (κ2) is 7.60. The molecule has 0 N–H and O–H groups in total. The Morgan fingerprint density at radius 2 is 1.80 bits per heavy atom. The van der Waals surface area contributed by atoms with E-state index in [9.17, 15) is 4.79 Å². The highest BCUT2D eigenvalue weighted by Crippen LogP contribution is 2.28. The molecule has 0 unspecified atom stereocenters. The fourth-order valence-electron chi connectivity index (χ4n) is 4.29. The Bertz CT molecular complexity index is 622. The van der Waals surface area contributed by atoms with E-state index in [1.165, 1.54) is 4.68 Å². The lowest BCUT2D eigenvalue weighted by Gasteiger charge is -2.45. The highest BCUT2D eigenvalue weighted by Gasteiger charge is 2.33. The molecule has 2 saturated heterocycles. The van der Waals surface area contributed by atoms with E-state index in [0.29, 0.717) is 12.5 Å². The topological polar surface area (TPSA) is 55.5 Å². The largest absolute Gasteiger partial charge is 0.379 e. The van der Waals surface area contributed by atoms with Gasteiger partial charge in [-0.05, 0) is 46.7 Å². The number of piperidine rings is 1. The van der Waals surface area contributed by atoms with Crippen molar-refractivity contribution in [3.63, 3.8) is 0 Å². The average Bonchev–Trinajstić information content (AvgIpc) is 2.90. The van der Waals surface area contributed by atoms with Crippen LogP contribution in [0.15, 0.2) is 4.79 Å². The summed E-state index contributed by atoms with van der Waals surface area (Å²) in [6, 6.07) is 0. The van der Waals surface area contributed by atoms with Crippen LogP contribution in [0, 0.1) is 0 Å². The number of rotatable bonds is 5. The molecular formula is C18H33N5O2. The molecule has 2 fully saturated rings. The highest BCUT2D eigenvalue weighted by atomic mass is 16.5. The molecule has 3 heterocycles. The first-order valence-electron chi connectivity index (χ1n) is 9.61. The van der Waals surface area contributed by atoms with Gasteiger partial charge in [-0.1, -0.05) is 0 Å². The van der Waals surface area contributed by atoms with Gasteiger partial charge in [-0.25, -0.2) is 9.48 Å². The lowest BCUT2D eigenvalue weighted by Crippen LogP contribution is -2.56. The van der Waals surface area contributed by atoms with E-state index in [0.717, 1.165) is 64.6 Å². The van der Waals surface area contributed by atoms with Crippen molar-refractivity contribution >= 4 is 0 Å². The zero-order valence-corrected chi connectivity index (χ0v) is 16.2. The normalized spacial score (nSPS) is 21.8. The Balaban J connectivity index is 1.58. The fraction of sp³-hybridized carbons (Fsp3) is 0.889. The molecule has 0 aromatic carbocycles. The molecule has 2 aliphatic rings. The Morgan fingerprint density at radius 1 is 1.16 bits per heavy atom. The zero-order chi connectivity index (χ0) is 18.0. The zero-order valence-electron chi connectivity index (χ0n) is 16.2. The van der Waals surface area contributed by atoms with Crippen LogP contribution in [0.3, 0.4) is 0 Å². The summed E-state index contributed by atoms with van der Waals surface area (Å²) in [7, 11) is 1.75. The van der Waals surface area contributed by atoms with Crippen LogP contribution >= 0.6 is 0 Å². The van der Waals surface area contributed by atoms with Gasteiger partial charge in [0.1, 0.15) is 5.82 Å². The van der Waals surface area contributed by atoms with E-state index in [2.05, 4.69) is 28.7 Å². The van der Waals surface area contributed by atoms with Gasteiger partial charge in [0.05, 0.1) is 13.2 Å². The molecule has 0 saturated carbocycles. The van der Waals surface area contributed by atoms with Crippen molar-refractivity contribution in [2.75, 3.05) is 45.9 Å². The summed E-state index contributed by atoms with van der Waals surface area (Å²) in [5.74, 6) is 1.37. The quantitative estimate of drug-likeness (QED) is 0.789. The molecule has 2 aliphatic heterocycles. The second-order valence-electron chi connectivity index (χ2n) is 7.97. The molecule has 3 rings (SSSR count). The summed E-state index contributed by atoms with van der Waals surface area (Å²) in [6.45, 7) is 14.4. The molecule has 0 amide bonds. The van der Waals surface area contributed by atoms with Gasteiger partial charge in [-0.2, -0.15) is 5.10 Å². The van der Waals surface area contributed by atoms with Crippen LogP contribution in [0.1, 0.15) is 45.4 Å². The number of hydrogen-bond donors (Lipinski definition) is 0. The van der Waals surface area contributed by atoms with Crippen molar-refractivity contribution in [3.8, 4) is 0 Å². The van der Waals surface area contributed by atoms with Crippen molar-refractivity contribution in [1.29, 1.82) is 0 Å². The minimum absolute atomic E-state index is 0.00776. The molecule has 142 valence electrons. The molecule has 1 aromatic heterocycles. The van der Waals surface area contributed by atoms with Crippen LogP contribution in [0.4, 0.5) is 0 Å². The fourth-order valence-corrected chi connectivity index (χ4v) is 4.29. The van der Waals surface area contributed by atoms with Crippen LogP contribution in [0.5, 0.6) is 0 Å². The number of likely N-dealkylation sites (tertiary alicyclic amines) is 1. The molecule has 0 atom stereocenters. The number of ether oxygens (including phenoxy) is 1. The summed E-state index contributed by atoms with van der Waals surface area (Å²) in [4.78, 5) is 17.3. The number of morpholine rings is 1. The van der Waals surface area contributed by atoms with Gasteiger partial charge in [0.25, 0.3) is 0 Å². The summed E-state index contributed by atoms with van der Waals surface area (Å²) in [5, 5.41) is 4.50. The molecule has 7 nitrogen and oxygen atoms in total. The third-order valence-electron chi connectivity index (χ3n) is 5.78. The Hall–Kier alpha value is -1.18. The standard InChI is InChI=1S/C18H33N5O2/c1-5-23-16(19-20(4)17(23)24)15-6-8-21(9-7-15)14-18(2,3)22-10-12-25-13-11-22/h15H,5-14H2,1-4H3. The van der Waals surface area contributed by atoms with Gasteiger partial charge in [0.2, 0.25) is 0 Å². The first kappa shape index (κ1) is 18.6. The molecular weight excluding hydrogens is 318 g/mol. The third kappa shape index (κ3) is 3.99. The second-order valence-corrected chi connectivity index (χ2v) is 7.97. The van der Waals surface area contributed by atoms with Crippen molar-refractivity contribution in [2.24, 2.45) is 7.05 Å². The van der Waals surface area contributed by atoms with Gasteiger partial charge < -0.3 is 9.64 Å². The Kier molecular flexibility index (Phi) is 5.65. The van der Waals surface area contributed by atoms with E-state index in [1.807, 2.05) is 11.5 Å². The third-order valence-corrected chi connectivity index (χ3v) is 5.78. The predicted octanol–water partition coefficient (Wildman–Crippen LogP) is 0.892. The molecule has 0 aliphatic carbocycles. The van der Waals surface area contributed by atoms with Crippen molar-refractivity contribution in [1.82, 2.24) is 24.1 Å². The maximum absolute atomic E-state index is 12.1. The van der Waals surface area contributed by atoms with Gasteiger partial charge in [-0.3, -0.25) is 9.47 Å². The summed E-state index contributed by atoms with van der Waals surface area (Å²) in [5.41, 5.74) is 0.182. The summed E-state index contributed by atoms with van der Waals surface area (Å²) in [6.07, 6.45) is 2.16. The van der Waals surface area contributed by atoms with E-state index in [4.69, 9.17) is 4.74 Å². The monoisotopic (exact) mass is 351 g/mol. The average molecular weight is 351 g/mol. The smallest absolute Gasteiger partial charge is 0.345 e. The van der Waals surface area contributed by atoms with E-state index in [-0.39, 0.29) is 11.2 Å². The number of nitrogens with zero attached hydrogens (tertiary/aromatic N) is 5.